The Morgan fingerprint density at radius 1 is 1.16 bits per heavy atom. The first-order valence-electron chi connectivity index (χ1n) is 10.8. The van der Waals surface area contributed by atoms with Gasteiger partial charge in [0.05, 0.1) is 11.9 Å². The molecule has 1 aliphatic rings. The fraction of sp³-hybridized carbons (Fsp3) is 0.375. The van der Waals surface area contributed by atoms with Crippen LogP contribution in [0.4, 0.5) is 5.82 Å². The number of rotatable bonds is 7. The first-order chi connectivity index (χ1) is 15.1. The van der Waals surface area contributed by atoms with E-state index >= 15 is 0 Å². The van der Waals surface area contributed by atoms with Gasteiger partial charge in [-0.2, -0.15) is 0 Å². The van der Waals surface area contributed by atoms with Crippen molar-refractivity contribution in [1.82, 2.24) is 19.8 Å². The Bertz CT molecular complexity index is 1050. The molecule has 0 bridgehead atoms. The maximum Gasteiger partial charge on any atom is 0.242 e. The minimum Gasteiger partial charge on any atom is -0.360 e. The second kappa shape index (κ2) is 10.0. The molecule has 1 saturated heterocycles. The molecule has 31 heavy (non-hydrogen) atoms. The summed E-state index contributed by atoms with van der Waals surface area (Å²) in [6.45, 7) is 8.51. The second-order valence-electron chi connectivity index (χ2n) is 7.75. The summed E-state index contributed by atoms with van der Waals surface area (Å²) < 4.78 is 0. The highest BCUT2D eigenvalue weighted by Crippen LogP contribution is 2.29. The van der Waals surface area contributed by atoms with Crippen LogP contribution in [0, 0.1) is 6.92 Å². The highest BCUT2D eigenvalue weighted by molar-refractivity contribution is 7.18. The molecule has 6 nitrogen and oxygen atoms in total. The van der Waals surface area contributed by atoms with Crippen molar-refractivity contribution in [2.24, 2.45) is 0 Å². The van der Waals surface area contributed by atoms with Crippen molar-refractivity contribution in [3.63, 3.8) is 0 Å². The van der Waals surface area contributed by atoms with Crippen LogP contribution in [0.25, 0.3) is 16.3 Å². The number of piperazine rings is 1. The van der Waals surface area contributed by atoms with E-state index in [0.29, 0.717) is 0 Å². The number of anilines is 1. The van der Waals surface area contributed by atoms with Crippen LogP contribution in [0.3, 0.4) is 0 Å². The van der Waals surface area contributed by atoms with Gasteiger partial charge in [0.15, 0.2) is 0 Å². The largest absolute Gasteiger partial charge is 0.360 e. The molecule has 2 aromatic heterocycles. The van der Waals surface area contributed by atoms with Crippen LogP contribution in [0.15, 0.2) is 42.5 Å². The van der Waals surface area contributed by atoms with Gasteiger partial charge in [0, 0.05) is 37.6 Å². The van der Waals surface area contributed by atoms with E-state index in [1.165, 1.54) is 10.4 Å². The molecule has 3 heterocycles. The number of thiophene rings is 1. The first-order valence-corrected chi connectivity index (χ1v) is 11.7. The first kappa shape index (κ1) is 21.5. The monoisotopic (exact) mass is 435 g/mol. The average molecular weight is 436 g/mol. The van der Waals surface area contributed by atoms with Crippen molar-refractivity contribution in [2.75, 3.05) is 44.6 Å². The van der Waals surface area contributed by atoms with Crippen molar-refractivity contribution < 1.29 is 4.79 Å². The van der Waals surface area contributed by atoms with Crippen LogP contribution < -0.4 is 5.32 Å². The number of amides is 1. The number of nitrogens with one attached hydrogen (secondary N) is 1. The summed E-state index contributed by atoms with van der Waals surface area (Å²) in [6, 6.07) is 12.5. The number of carbonyl (C=O) groups excluding carboxylic acids is 1. The summed E-state index contributed by atoms with van der Waals surface area (Å²) in [5, 5.41) is 4.28. The van der Waals surface area contributed by atoms with Gasteiger partial charge in [0.25, 0.3) is 0 Å². The molecule has 4 rings (SSSR count). The number of hydrogen-bond donors (Lipinski definition) is 1. The SMILES string of the molecule is CCc1cc2c(NCC(=O)N3CCN(C/C=C/c4ccccc4)CC3)nc(C)nc2s1. The predicted molar refractivity (Wildman–Crippen MR) is 129 cm³/mol. The zero-order valence-corrected chi connectivity index (χ0v) is 19.0. The Labute approximate surface area is 187 Å². The summed E-state index contributed by atoms with van der Waals surface area (Å²) in [7, 11) is 0. The van der Waals surface area contributed by atoms with Gasteiger partial charge in [-0.15, -0.1) is 11.3 Å². The lowest BCUT2D eigenvalue weighted by molar-refractivity contribution is -0.130. The molecule has 0 radical (unpaired) electrons. The highest BCUT2D eigenvalue weighted by Gasteiger charge is 2.20. The molecule has 162 valence electrons. The number of carbonyl (C=O) groups is 1. The van der Waals surface area contributed by atoms with E-state index in [2.05, 4.69) is 57.5 Å². The van der Waals surface area contributed by atoms with Crippen LogP contribution in [-0.4, -0.2) is 64.9 Å². The van der Waals surface area contributed by atoms with Crippen molar-refractivity contribution in [1.29, 1.82) is 0 Å². The van der Waals surface area contributed by atoms with E-state index in [1.807, 2.05) is 30.0 Å². The average Bonchev–Trinajstić information content (AvgIpc) is 3.21. The summed E-state index contributed by atoms with van der Waals surface area (Å²) in [6.07, 6.45) is 5.33. The van der Waals surface area contributed by atoms with E-state index in [-0.39, 0.29) is 12.5 Å². The van der Waals surface area contributed by atoms with Gasteiger partial charge in [-0.3, -0.25) is 9.69 Å². The van der Waals surface area contributed by atoms with Crippen molar-refractivity contribution in [3.05, 3.63) is 58.7 Å². The fourth-order valence-corrected chi connectivity index (χ4v) is 4.75. The van der Waals surface area contributed by atoms with Gasteiger partial charge >= 0.3 is 0 Å². The number of benzene rings is 1. The van der Waals surface area contributed by atoms with Crippen molar-refractivity contribution in [2.45, 2.75) is 20.3 Å². The molecule has 0 aliphatic carbocycles. The minimum absolute atomic E-state index is 0.120. The molecule has 1 fully saturated rings. The van der Waals surface area contributed by atoms with Crippen LogP contribution in [0.2, 0.25) is 0 Å². The van der Waals surface area contributed by atoms with E-state index in [0.717, 1.165) is 61.0 Å². The summed E-state index contributed by atoms with van der Waals surface area (Å²) in [4.78, 5) is 28.4. The highest BCUT2D eigenvalue weighted by atomic mass is 32.1. The van der Waals surface area contributed by atoms with Crippen LogP contribution >= 0.6 is 11.3 Å². The lowest BCUT2D eigenvalue weighted by Gasteiger charge is -2.34. The van der Waals surface area contributed by atoms with Gasteiger partial charge in [0.1, 0.15) is 16.5 Å². The lowest BCUT2D eigenvalue weighted by atomic mass is 10.2. The van der Waals surface area contributed by atoms with E-state index in [4.69, 9.17) is 0 Å². The third kappa shape index (κ3) is 5.48. The number of aryl methyl sites for hydroxylation is 2. The molecule has 1 amide bonds. The Hall–Kier alpha value is -2.77. The molecule has 0 atom stereocenters. The Morgan fingerprint density at radius 3 is 2.68 bits per heavy atom. The third-order valence-corrected chi connectivity index (χ3v) is 6.68. The molecule has 1 N–H and O–H groups in total. The van der Waals surface area contributed by atoms with Crippen molar-refractivity contribution in [3.8, 4) is 0 Å². The Morgan fingerprint density at radius 2 is 1.94 bits per heavy atom. The zero-order chi connectivity index (χ0) is 21.6. The zero-order valence-electron chi connectivity index (χ0n) is 18.2. The third-order valence-electron chi connectivity index (χ3n) is 5.51. The quantitative estimate of drug-likeness (QED) is 0.611. The normalized spacial score (nSPS) is 15.1. The minimum atomic E-state index is 0.120. The van der Waals surface area contributed by atoms with Gasteiger partial charge < -0.3 is 10.2 Å². The fourth-order valence-electron chi connectivity index (χ4n) is 3.74. The van der Waals surface area contributed by atoms with Gasteiger partial charge in [-0.1, -0.05) is 49.4 Å². The number of fused-ring (bicyclic) bond motifs is 1. The van der Waals surface area contributed by atoms with E-state index in [9.17, 15) is 4.79 Å². The second-order valence-corrected chi connectivity index (χ2v) is 8.87. The lowest BCUT2D eigenvalue weighted by Crippen LogP contribution is -2.50. The number of nitrogens with zero attached hydrogens (tertiary/aromatic N) is 4. The van der Waals surface area contributed by atoms with Crippen LogP contribution in [0.1, 0.15) is 23.2 Å². The molecule has 0 spiro atoms. The molecular formula is C24H29N5OS. The van der Waals surface area contributed by atoms with E-state index < -0.39 is 0 Å². The smallest absolute Gasteiger partial charge is 0.242 e. The van der Waals surface area contributed by atoms with Crippen LogP contribution in [0.5, 0.6) is 0 Å². The summed E-state index contributed by atoms with van der Waals surface area (Å²) in [5.74, 6) is 1.61. The van der Waals surface area contributed by atoms with Gasteiger partial charge in [-0.25, -0.2) is 9.97 Å². The summed E-state index contributed by atoms with van der Waals surface area (Å²) in [5.41, 5.74) is 1.22. The standard InChI is InChI=1S/C24H29N5OS/c1-3-20-16-21-23(26-18(2)27-24(21)31-20)25-17-22(30)29-14-12-28(13-15-29)11-7-10-19-8-5-4-6-9-19/h4-10,16H,3,11-15,17H2,1-2H3,(H,25,26,27)/b10-7+. The summed E-state index contributed by atoms with van der Waals surface area (Å²) >= 11 is 1.70. The van der Waals surface area contributed by atoms with E-state index in [1.54, 1.807) is 11.3 Å². The topological polar surface area (TPSA) is 61.4 Å². The molecule has 3 aromatic rings. The van der Waals surface area contributed by atoms with Crippen molar-refractivity contribution >= 4 is 39.4 Å². The number of aromatic nitrogens is 2. The molecule has 0 saturated carbocycles. The number of hydrogen-bond acceptors (Lipinski definition) is 6. The Kier molecular flexibility index (Phi) is 6.94. The molecule has 0 unspecified atom stereocenters. The molecular weight excluding hydrogens is 406 g/mol. The van der Waals surface area contributed by atoms with Gasteiger partial charge in [0.2, 0.25) is 5.91 Å². The molecule has 7 heteroatoms. The van der Waals surface area contributed by atoms with Crippen LogP contribution in [-0.2, 0) is 11.2 Å². The predicted octanol–water partition coefficient (Wildman–Crippen LogP) is 3.83. The Balaban J connectivity index is 1.27. The molecule has 1 aromatic carbocycles. The maximum absolute atomic E-state index is 12.7. The maximum atomic E-state index is 12.7. The molecule has 1 aliphatic heterocycles. The van der Waals surface area contributed by atoms with Gasteiger partial charge in [-0.05, 0) is 25.0 Å².